The predicted molar refractivity (Wildman–Crippen MR) is 53.0 cm³/mol. The molecule has 0 aromatic heterocycles. The van der Waals surface area contributed by atoms with Crippen LogP contribution in [0, 0.1) is 5.41 Å². The van der Waals surface area contributed by atoms with Crippen molar-refractivity contribution in [2.24, 2.45) is 5.41 Å². The third-order valence-electron chi connectivity index (χ3n) is 2.24. The summed E-state index contributed by atoms with van der Waals surface area (Å²) in [5.74, 6) is 0.204. The monoisotopic (exact) mass is 221 g/mol. The van der Waals surface area contributed by atoms with Gasteiger partial charge in [0.25, 0.3) is 0 Å². The van der Waals surface area contributed by atoms with Crippen LogP contribution in [0.3, 0.4) is 0 Å². The fraction of sp³-hybridized carbons (Fsp3) is 0.889. The SMILES string of the molecule is O=C1CCCN1.OCC(CO)(CO)CO. The lowest BCUT2D eigenvalue weighted by Gasteiger charge is -2.23. The van der Waals surface area contributed by atoms with Crippen molar-refractivity contribution >= 4 is 5.91 Å². The average molecular weight is 221 g/mol. The maximum absolute atomic E-state index is 10.1. The van der Waals surface area contributed by atoms with Gasteiger partial charge >= 0.3 is 0 Å². The lowest BCUT2D eigenvalue weighted by Crippen LogP contribution is -2.37. The van der Waals surface area contributed by atoms with E-state index in [-0.39, 0.29) is 5.91 Å². The fourth-order valence-electron chi connectivity index (χ4n) is 0.865. The summed E-state index contributed by atoms with van der Waals surface area (Å²) in [4.78, 5) is 10.1. The van der Waals surface area contributed by atoms with E-state index in [1.807, 2.05) is 0 Å². The van der Waals surface area contributed by atoms with Gasteiger partial charge in [0.05, 0.1) is 31.8 Å². The molecule has 1 amide bonds. The molecule has 0 atom stereocenters. The van der Waals surface area contributed by atoms with Crippen LogP contribution in [0.15, 0.2) is 0 Å². The molecule has 0 aromatic carbocycles. The zero-order valence-electron chi connectivity index (χ0n) is 8.65. The van der Waals surface area contributed by atoms with E-state index in [1.165, 1.54) is 0 Å². The molecule has 15 heavy (non-hydrogen) atoms. The Morgan fingerprint density at radius 3 is 1.60 bits per heavy atom. The van der Waals surface area contributed by atoms with Crippen molar-refractivity contribution in [3.8, 4) is 0 Å². The quantitative estimate of drug-likeness (QED) is 0.371. The predicted octanol–water partition coefficient (Wildman–Crippen LogP) is -2.16. The summed E-state index contributed by atoms with van der Waals surface area (Å²) >= 11 is 0. The lowest BCUT2D eigenvalue weighted by atomic mass is 9.93. The van der Waals surface area contributed by atoms with Crippen LogP contribution in [0.2, 0.25) is 0 Å². The van der Waals surface area contributed by atoms with Crippen LogP contribution in [-0.2, 0) is 4.79 Å². The molecule has 0 bridgehead atoms. The minimum atomic E-state index is -1.11. The number of aliphatic hydroxyl groups excluding tert-OH is 4. The molecule has 0 aromatic rings. The van der Waals surface area contributed by atoms with Crippen LogP contribution in [0.4, 0.5) is 0 Å². The van der Waals surface area contributed by atoms with E-state index >= 15 is 0 Å². The minimum absolute atomic E-state index is 0.204. The second kappa shape index (κ2) is 7.58. The molecule has 0 unspecified atom stereocenters. The lowest BCUT2D eigenvalue weighted by molar-refractivity contribution is -0.119. The second-order valence-corrected chi connectivity index (χ2v) is 3.59. The standard InChI is InChI=1S/C5H12O4.C4H7NO/c6-1-5(2-7,3-8)4-9;6-4-2-1-3-5-4/h6-9H,1-4H2;1-3H2,(H,5,6). The normalized spacial score (nSPS) is 15.6. The van der Waals surface area contributed by atoms with Crippen molar-refractivity contribution in [3.63, 3.8) is 0 Å². The molecule has 5 N–H and O–H groups in total. The maximum atomic E-state index is 10.1. The molecule has 0 aliphatic carbocycles. The van der Waals surface area contributed by atoms with Crippen LogP contribution < -0.4 is 5.32 Å². The highest BCUT2D eigenvalue weighted by molar-refractivity contribution is 5.77. The summed E-state index contributed by atoms with van der Waals surface area (Å²) in [6, 6.07) is 0. The van der Waals surface area contributed by atoms with Crippen LogP contribution in [-0.4, -0.2) is 59.3 Å². The van der Waals surface area contributed by atoms with E-state index < -0.39 is 31.8 Å². The summed E-state index contributed by atoms with van der Waals surface area (Å²) in [5.41, 5.74) is -1.11. The van der Waals surface area contributed by atoms with Gasteiger partial charge in [0.1, 0.15) is 0 Å². The molecular formula is C9H19NO5. The topological polar surface area (TPSA) is 110 Å². The number of amides is 1. The highest BCUT2D eigenvalue weighted by atomic mass is 16.3. The third-order valence-corrected chi connectivity index (χ3v) is 2.24. The first-order valence-corrected chi connectivity index (χ1v) is 4.84. The second-order valence-electron chi connectivity index (χ2n) is 3.59. The van der Waals surface area contributed by atoms with Gasteiger partial charge in [-0.05, 0) is 6.42 Å². The van der Waals surface area contributed by atoms with Crippen molar-refractivity contribution in [2.45, 2.75) is 12.8 Å². The molecule has 0 saturated carbocycles. The Bertz CT molecular complexity index is 156. The van der Waals surface area contributed by atoms with Gasteiger partial charge in [-0.1, -0.05) is 0 Å². The van der Waals surface area contributed by atoms with Crippen LogP contribution in [0.5, 0.6) is 0 Å². The number of carbonyl (C=O) groups is 1. The zero-order valence-corrected chi connectivity index (χ0v) is 8.65. The average Bonchev–Trinajstić information content (AvgIpc) is 2.74. The van der Waals surface area contributed by atoms with E-state index in [9.17, 15) is 4.79 Å². The Balaban J connectivity index is 0.000000280. The summed E-state index contributed by atoms with van der Waals surface area (Å²) in [7, 11) is 0. The highest BCUT2D eigenvalue weighted by Gasteiger charge is 2.26. The van der Waals surface area contributed by atoms with Crippen LogP contribution in [0.1, 0.15) is 12.8 Å². The van der Waals surface area contributed by atoms with E-state index in [0.717, 1.165) is 19.4 Å². The van der Waals surface area contributed by atoms with Crippen molar-refractivity contribution in [3.05, 3.63) is 0 Å². The van der Waals surface area contributed by atoms with Crippen molar-refractivity contribution in [1.82, 2.24) is 5.32 Å². The zero-order chi connectivity index (χ0) is 11.7. The first-order valence-electron chi connectivity index (χ1n) is 4.84. The summed E-state index contributed by atoms with van der Waals surface area (Å²) in [6.45, 7) is -0.737. The molecule has 0 radical (unpaired) electrons. The Morgan fingerprint density at radius 2 is 1.53 bits per heavy atom. The number of hydrogen-bond donors (Lipinski definition) is 5. The molecule has 1 aliphatic heterocycles. The highest BCUT2D eigenvalue weighted by Crippen LogP contribution is 2.11. The summed E-state index contributed by atoms with van der Waals surface area (Å²) < 4.78 is 0. The number of aliphatic hydroxyl groups is 4. The molecule has 6 nitrogen and oxygen atoms in total. The van der Waals surface area contributed by atoms with Gasteiger partial charge in [-0.25, -0.2) is 0 Å². The first kappa shape index (κ1) is 14.3. The summed E-state index contributed by atoms with van der Waals surface area (Å²) in [5, 5.41) is 36.7. The largest absolute Gasteiger partial charge is 0.396 e. The van der Waals surface area contributed by atoms with Crippen molar-refractivity contribution < 1.29 is 25.2 Å². The molecule has 90 valence electrons. The van der Waals surface area contributed by atoms with Crippen LogP contribution in [0.25, 0.3) is 0 Å². The van der Waals surface area contributed by atoms with E-state index in [2.05, 4.69) is 5.32 Å². The van der Waals surface area contributed by atoms with E-state index in [4.69, 9.17) is 20.4 Å². The number of rotatable bonds is 4. The van der Waals surface area contributed by atoms with Gasteiger partial charge < -0.3 is 25.7 Å². The molecule has 1 heterocycles. The number of nitrogens with one attached hydrogen (secondary N) is 1. The first-order chi connectivity index (χ1) is 7.14. The molecule has 1 aliphatic rings. The van der Waals surface area contributed by atoms with E-state index in [1.54, 1.807) is 0 Å². The Morgan fingerprint density at radius 1 is 1.07 bits per heavy atom. The number of hydrogen-bond acceptors (Lipinski definition) is 5. The van der Waals surface area contributed by atoms with Crippen molar-refractivity contribution in [1.29, 1.82) is 0 Å². The molecule has 1 fully saturated rings. The van der Waals surface area contributed by atoms with Gasteiger partial charge in [0.2, 0.25) is 5.91 Å². The molecular weight excluding hydrogens is 202 g/mol. The van der Waals surface area contributed by atoms with Gasteiger partial charge in [-0.3, -0.25) is 4.79 Å². The van der Waals surface area contributed by atoms with Crippen LogP contribution >= 0.6 is 0 Å². The fourth-order valence-corrected chi connectivity index (χ4v) is 0.865. The minimum Gasteiger partial charge on any atom is -0.396 e. The number of carbonyl (C=O) groups excluding carboxylic acids is 1. The van der Waals surface area contributed by atoms with Crippen molar-refractivity contribution in [2.75, 3.05) is 33.0 Å². The maximum Gasteiger partial charge on any atom is 0.220 e. The van der Waals surface area contributed by atoms with E-state index in [0.29, 0.717) is 0 Å². The molecule has 0 spiro atoms. The Kier molecular flexibility index (Phi) is 7.23. The molecule has 1 rings (SSSR count). The Labute approximate surface area is 88.5 Å². The third kappa shape index (κ3) is 5.08. The van der Waals surface area contributed by atoms with Gasteiger partial charge in [0.15, 0.2) is 0 Å². The summed E-state index contributed by atoms with van der Waals surface area (Å²) in [6.07, 6.45) is 1.76. The molecule has 1 saturated heterocycles. The van der Waals surface area contributed by atoms with Gasteiger partial charge in [0, 0.05) is 13.0 Å². The smallest absolute Gasteiger partial charge is 0.220 e. The van der Waals surface area contributed by atoms with Gasteiger partial charge in [-0.15, -0.1) is 0 Å². The van der Waals surface area contributed by atoms with Gasteiger partial charge in [-0.2, -0.15) is 0 Å². The Hall–Kier alpha value is -0.690. The molecule has 6 heteroatoms.